The average Bonchev–Trinajstić information content (AvgIpc) is 2.89. The molecular formula is C14H15F2NS. The molecular weight excluding hydrogens is 252 g/mol. The first-order chi connectivity index (χ1) is 8.68. The van der Waals surface area contributed by atoms with Crippen molar-refractivity contribution in [1.82, 2.24) is 5.32 Å². The molecule has 2 aromatic rings. The zero-order chi connectivity index (χ0) is 12.8. The third kappa shape index (κ3) is 3.62. The van der Waals surface area contributed by atoms with Crippen molar-refractivity contribution in [1.29, 1.82) is 0 Å². The van der Waals surface area contributed by atoms with Crippen molar-refractivity contribution in [3.63, 3.8) is 0 Å². The molecule has 1 heterocycles. The van der Waals surface area contributed by atoms with E-state index in [2.05, 4.69) is 5.32 Å². The molecule has 0 bridgehead atoms. The van der Waals surface area contributed by atoms with Crippen LogP contribution >= 0.6 is 11.3 Å². The van der Waals surface area contributed by atoms with Crippen LogP contribution in [0.3, 0.4) is 0 Å². The van der Waals surface area contributed by atoms with Gasteiger partial charge in [-0.25, -0.2) is 0 Å². The lowest BCUT2D eigenvalue weighted by Gasteiger charge is -2.17. The second-order valence-electron chi connectivity index (χ2n) is 4.13. The molecule has 0 atom stereocenters. The highest BCUT2D eigenvalue weighted by Crippen LogP contribution is 2.26. The van der Waals surface area contributed by atoms with Gasteiger partial charge in [0.15, 0.2) is 0 Å². The Morgan fingerprint density at radius 3 is 2.56 bits per heavy atom. The normalized spacial score (nSPS) is 11.7. The molecule has 1 aromatic carbocycles. The summed E-state index contributed by atoms with van der Waals surface area (Å²) in [6.07, 6.45) is 0.786. The van der Waals surface area contributed by atoms with Gasteiger partial charge in [0, 0.05) is 5.56 Å². The minimum atomic E-state index is -2.81. The van der Waals surface area contributed by atoms with E-state index in [1.54, 1.807) is 29.5 Å². The fourth-order valence-corrected chi connectivity index (χ4v) is 2.40. The number of benzene rings is 1. The monoisotopic (exact) mass is 267 g/mol. The van der Waals surface area contributed by atoms with Crippen molar-refractivity contribution < 1.29 is 8.78 Å². The summed E-state index contributed by atoms with van der Waals surface area (Å²) in [6.45, 7) is 0.250. The molecule has 0 amide bonds. The highest BCUT2D eigenvalue weighted by Gasteiger charge is 2.30. The van der Waals surface area contributed by atoms with Crippen molar-refractivity contribution >= 4 is 11.3 Å². The topological polar surface area (TPSA) is 12.0 Å². The van der Waals surface area contributed by atoms with Gasteiger partial charge in [0.1, 0.15) is 0 Å². The van der Waals surface area contributed by atoms with Crippen LogP contribution in [0.2, 0.25) is 0 Å². The molecule has 96 valence electrons. The molecule has 1 N–H and O–H groups in total. The third-order valence-corrected chi connectivity index (χ3v) is 3.45. The molecule has 0 radical (unpaired) electrons. The molecule has 0 aliphatic rings. The smallest absolute Gasteiger partial charge is 0.285 e. The van der Waals surface area contributed by atoms with Gasteiger partial charge in [-0.05, 0) is 35.4 Å². The SMILES string of the molecule is FC(F)(CNCCc1ccsc1)c1ccccc1. The van der Waals surface area contributed by atoms with Gasteiger partial charge < -0.3 is 5.32 Å². The maximum atomic E-state index is 13.8. The molecule has 18 heavy (non-hydrogen) atoms. The van der Waals surface area contributed by atoms with Gasteiger partial charge >= 0.3 is 0 Å². The van der Waals surface area contributed by atoms with Gasteiger partial charge in [-0.3, -0.25) is 0 Å². The fraction of sp³-hybridized carbons (Fsp3) is 0.286. The Morgan fingerprint density at radius 1 is 1.11 bits per heavy atom. The molecule has 0 fully saturated rings. The molecule has 0 aliphatic carbocycles. The van der Waals surface area contributed by atoms with E-state index < -0.39 is 5.92 Å². The van der Waals surface area contributed by atoms with Crippen LogP contribution in [-0.4, -0.2) is 13.1 Å². The number of nitrogens with one attached hydrogen (secondary N) is 1. The maximum absolute atomic E-state index is 13.8. The highest BCUT2D eigenvalue weighted by molar-refractivity contribution is 7.07. The Bertz CT molecular complexity index is 454. The zero-order valence-electron chi connectivity index (χ0n) is 9.90. The van der Waals surface area contributed by atoms with E-state index in [1.165, 1.54) is 17.7 Å². The number of alkyl halides is 2. The Hall–Kier alpha value is -1.26. The summed E-state index contributed by atoms with van der Waals surface area (Å²) < 4.78 is 27.5. The zero-order valence-corrected chi connectivity index (χ0v) is 10.7. The standard InChI is InChI=1S/C14H15F2NS/c15-14(16,13-4-2-1-3-5-13)11-17-8-6-12-7-9-18-10-12/h1-5,7,9-10,17H,6,8,11H2. The largest absolute Gasteiger partial charge is 0.311 e. The van der Waals surface area contributed by atoms with Gasteiger partial charge in [0.2, 0.25) is 0 Å². The second kappa shape index (κ2) is 6.07. The van der Waals surface area contributed by atoms with E-state index in [1.807, 2.05) is 16.8 Å². The number of rotatable bonds is 6. The van der Waals surface area contributed by atoms with E-state index >= 15 is 0 Å². The Balaban J connectivity index is 1.79. The minimum Gasteiger partial charge on any atom is -0.311 e. The number of hydrogen-bond donors (Lipinski definition) is 1. The Kier molecular flexibility index (Phi) is 4.44. The van der Waals surface area contributed by atoms with Crippen LogP contribution in [-0.2, 0) is 12.3 Å². The quantitative estimate of drug-likeness (QED) is 0.787. The van der Waals surface area contributed by atoms with Gasteiger partial charge in [-0.1, -0.05) is 30.3 Å². The van der Waals surface area contributed by atoms with E-state index in [0.717, 1.165) is 6.42 Å². The van der Waals surface area contributed by atoms with Crippen molar-refractivity contribution in [2.75, 3.05) is 13.1 Å². The summed E-state index contributed by atoms with van der Waals surface area (Å²) in [5.74, 6) is -2.81. The maximum Gasteiger partial charge on any atom is 0.285 e. The van der Waals surface area contributed by atoms with Crippen molar-refractivity contribution in [2.45, 2.75) is 12.3 Å². The van der Waals surface area contributed by atoms with Gasteiger partial charge in [0.25, 0.3) is 5.92 Å². The summed E-state index contributed by atoms with van der Waals surface area (Å²) in [6, 6.07) is 9.94. The predicted octanol–water partition coefficient (Wildman–Crippen LogP) is 3.67. The number of thiophene rings is 1. The molecule has 4 heteroatoms. The molecule has 0 spiro atoms. The Labute approximate surface area is 109 Å². The van der Waals surface area contributed by atoms with Crippen LogP contribution < -0.4 is 5.32 Å². The van der Waals surface area contributed by atoms with Crippen molar-refractivity contribution in [2.24, 2.45) is 0 Å². The molecule has 1 aromatic heterocycles. The lowest BCUT2D eigenvalue weighted by Crippen LogP contribution is -2.31. The molecule has 0 aliphatic heterocycles. The summed E-state index contributed by atoms with van der Waals surface area (Å²) in [4.78, 5) is 0. The lowest BCUT2D eigenvalue weighted by atomic mass is 10.1. The first-order valence-electron chi connectivity index (χ1n) is 5.83. The predicted molar refractivity (Wildman–Crippen MR) is 71.2 cm³/mol. The first-order valence-corrected chi connectivity index (χ1v) is 6.78. The van der Waals surface area contributed by atoms with Crippen LogP contribution in [0.25, 0.3) is 0 Å². The van der Waals surface area contributed by atoms with Crippen molar-refractivity contribution in [3.05, 3.63) is 58.3 Å². The molecule has 1 nitrogen and oxygen atoms in total. The minimum absolute atomic E-state index is 0.0630. The number of halogens is 2. The summed E-state index contributed by atoms with van der Waals surface area (Å²) in [5.41, 5.74) is 1.25. The summed E-state index contributed by atoms with van der Waals surface area (Å²) in [5, 5.41) is 6.85. The van der Waals surface area contributed by atoms with Crippen LogP contribution in [0.5, 0.6) is 0 Å². The van der Waals surface area contributed by atoms with Crippen LogP contribution in [0.4, 0.5) is 8.78 Å². The van der Waals surface area contributed by atoms with Crippen LogP contribution in [0, 0.1) is 0 Å². The van der Waals surface area contributed by atoms with E-state index in [0.29, 0.717) is 6.54 Å². The molecule has 2 rings (SSSR count). The fourth-order valence-electron chi connectivity index (χ4n) is 1.70. The first kappa shape index (κ1) is 13.2. The molecule has 0 saturated heterocycles. The lowest BCUT2D eigenvalue weighted by molar-refractivity contribution is -0.00285. The van der Waals surface area contributed by atoms with E-state index in [9.17, 15) is 8.78 Å². The number of hydrogen-bond acceptors (Lipinski definition) is 2. The van der Waals surface area contributed by atoms with Gasteiger partial charge in [0.05, 0.1) is 6.54 Å². The third-order valence-electron chi connectivity index (χ3n) is 2.71. The Morgan fingerprint density at radius 2 is 1.89 bits per heavy atom. The molecule has 0 saturated carbocycles. The van der Waals surface area contributed by atoms with E-state index in [4.69, 9.17) is 0 Å². The van der Waals surface area contributed by atoms with Crippen LogP contribution in [0.15, 0.2) is 47.2 Å². The average molecular weight is 267 g/mol. The van der Waals surface area contributed by atoms with Gasteiger partial charge in [-0.2, -0.15) is 20.1 Å². The highest BCUT2D eigenvalue weighted by atomic mass is 32.1. The summed E-state index contributed by atoms with van der Waals surface area (Å²) in [7, 11) is 0. The van der Waals surface area contributed by atoms with E-state index in [-0.39, 0.29) is 12.1 Å². The molecule has 0 unspecified atom stereocenters. The second-order valence-corrected chi connectivity index (χ2v) is 4.91. The van der Waals surface area contributed by atoms with Crippen molar-refractivity contribution in [3.8, 4) is 0 Å². The summed E-state index contributed by atoms with van der Waals surface area (Å²) >= 11 is 1.62. The van der Waals surface area contributed by atoms with Gasteiger partial charge in [-0.15, -0.1) is 0 Å². The van der Waals surface area contributed by atoms with Crippen LogP contribution in [0.1, 0.15) is 11.1 Å².